The predicted molar refractivity (Wildman–Crippen MR) is 60.1 cm³/mol. The van der Waals surface area contributed by atoms with E-state index in [1.807, 2.05) is 0 Å². The molecule has 0 aromatic heterocycles. The van der Waals surface area contributed by atoms with Gasteiger partial charge in [-0.05, 0) is 43.2 Å². The maximum absolute atomic E-state index is 10.8. The fourth-order valence-corrected chi connectivity index (χ4v) is 1.28. The molecule has 0 spiro atoms. The second kappa shape index (κ2) is 5.21. The lowest BCUT2D eigenvalue weighted by atomic mass is 10.1. The van der Waals surface area contributed by atoms with Gasteiger partial charge in [-0.15, -0.1) is 0 Å². The van der Waals surface area contributed by atoms with Gasteiger partial charge in [0.2, 0.25) is 5.76 Å². The first-order valence-electron chi connectivity index (χ1n) is 4.92. The van der Waals surface area contributed by atoms with Gasteiger partial charge in [-0.2, -0.15) is 0 Å². The van der Waals surface area contributed by atoms with E-state index >= 15 is 0 Å². The number of rotatable bonds is 4. The largest absolute Gasteiger partial charge is 0.508 e. The molecule has 0 heterocycles. The molecule has 2 N–H and O–H groups in total. The second-order valence-corrected chi connectivity index (χ2v) is 3.29. The maximum atomic E-state index is 10.8. The molecule has 0 aliphatic heterocycles. The van der Waals surface area contributed by atoms with Crippen molar-refractivity contribution in [3.05, 3.63) is 35.1 Å². The standard InChI is InChI=1S/C12H14O4/c1-3-16-11(12(14)15)7-9-4-5-10(13)6-8(9)2/h4-7,13H,3H2,1-2H3,(H,14,15)/b11-7-. The van der Waals surface area contributed by atoms with Gasteiger partial charge < -0.3 is 14.9 Å². The lowest BCUT2D eigenvalue weighted by Crippen LogP contribution is -2.04. The summed E-state index contributed by atoms with van der Waals surface area (Å²) in [7, 11) is 0. The predicted octanol–water partition coefficient (Wildman–Crippen LogP) is 2.16. The van der Waals surface area contributed by atoms with Crippen molar-refractivity contribution < 1.29 is 19.7 Å². The van der Waals surface area contributed by atoms with Crippen LogP contribution < -0.4 is 0 Å². The van der Waals surface area contributed by atoms with E-state index in [1.54, 1.807) is 26.0 Å². The van der Waals surface area contributed by atoms with Crippen LogP contribution in [-0.4, -0.2) is 22.8 Å². The Morgan fingerprint density at radius 2 is 2.19 bits per heavy atom. The van der Waals surface area contributed by atoms with E-state index in [0.29, 0.717) is 12.2 Å². The Hall–Kier alpha value is -1.97. The summed E-state index contributed by atoms with van der Waals surface area (Å²) in [4.78, 5) is 10.8. The molecule has 1 rings (SSSR count). The van der Waals surface area contributed by atoms with Crippen LogP contribution >= 0.6 is 0 Å². The number of hydrogen-bond acceptors (Lipinski definition) is 3. The van der Waals surface area contributed by atoms with E-state index in [1.165, 1.54) is 12.1 Å². The van der Waals surface area contributed by atoms with Crippen LogP contribution in [0.3, 0.4) is 0 Å². The third kappa shape index (κ3) is 3.02. The normalized spacial score (nSPS) is 11.2. The van der Waals surface area contributed by atoms with Gasteiger partial charge in [-0.25, -0.2) is 4.79 Å². The molecular formula is C12H14O4. The highest BCUT2D eigenvalue weighted by molar-refractivity contribution is 5.90. The quantitative estimate of drug-likeness (QED) is 0.605. The molecule has 0 aliphatic carbocycles. The third-order valence-electron chi connectivity index (χ3n) is 2.05. The molecular weight excluding hydrogens is 208 g/mol. The van der Waals surface area contributed by atoms with E-state index < -0.39 is 5.97 Å². The van der Waals surface area contributed by atoms with Crippen molar-refractivity contribution >= 4 is 12.0 Å². The van der Waals surface area contributed by atoms with Crippen molar-refractivity contribution in [3.63, 3.8) is 0 Å². The smallest absolute Gasteiger partial charge is 0.371 e. The first-order chi connectivity index (χ1) is 7.54. The van der Waals surface area contributed by atoms with E-state index in [-0.39, 0.29) is 11.5 Å². The summed E-state index contributed by atoms with van der Waals surface area (Å²) in [6.45, 7) is 3.81. The Bertz CT molecular complexity index is 421. The second-order valence-electron chi connectivity index (χ2n) is 3.29. The zero-order valence-corrected chi connectivity index (χ0v) is 9.23. The Morgan fingerprint density at radius 1 is 1.50 bits per heavy atom. The number of carboxylic acid groups (broad SMARTS) is 1. The van der Waals surface area contributed by atoms with Crippen LogP contribution in [0.15, 0.2) is 24.0 Å². The number of phenols is 1. The lowest BCUT2D eigenvalue weighted by Gasteiger charge is -2.05. The van der Waals surface area contributed by atoms with Crippen molar-refractivity contribution in [2.75, 3.05) is 6.61 Å². The summed E-state index contributed by atoms with van der Waals surface area (Å²) in [5.41, 5.74) is 1.50. The van der Waals surface area contributed by atoms with E-state index in [4.69, 9.17) is 9.84 Å². The zero-order valence-electron chi connectivity index (χ0n) is 9.23. The molecule has 0 saturated carbocycles. The summed E-state index contributed by atoms with van der Waals surface area (Å²) in [5, 5.41) is 18.1. The highest BCUT2D eigenvalue weighted by Gasteiger charge is 2.08. The van der Waals surface area contributed by atoms with Crippen LogP contribution in [0.2, 0.25) is 0 Å². The molecule has 16 heavy (non-hydrogen) atoms. The lowest BCUT2D eigenvalue weighted by molar-refractivity contribution is -0.136. The minimum absolute atomic E-state index is 0.101. The summed E-state index contributed by atoms with van der Waals surface area (Å²) in [6, 6.07) is 4.72. The molecule has 0 saturated heterocycles. The number of hydrogen-bond donors (Lipinski definition) is 2. The highest BCUT2D eigenvalue weighted by Crippen LogP contribution is 2.18. The number of ether oxygens (including phenoxy) is 1. The van der Waals surface area contributed by atoms with Crippen LogP contribution in [0.4, 0.5) is 0 Å². The molecule has 1 aromatic rings. The van der Waals surface area contributed by atoms with Crippen molar-refractivity contribution in [1.29, 1.82) is 0 Å². The Labute approximate surface area is 93.8 Å². The average Bonchev–Trinajstić information content (AvgIpc) is 2.20. The topological polar surface area (TPSA) is 66.8 Å². The van der Waals surface area contributed by atoms with Crippen molar-refractivity contribution in [1.82, 2.24) is 0 Å². The molecule has 0 bridgehead atoms. The van der Waals surface area contributed by atoms with Crippen molar-refractivity contribution in [3.8, 4) is 5.75 Å². The van der Waals surface area contributed by atoms with E-state index in [0.717, 1.165) is 5.56 Å². The number of aromatic hydroxyl groups is 1. The third-order valence-corrected chi connectivity index (χ3v) is 2.05. The SMILES string of the molecule is CCO/C(=C\c1ccc(O)cc1C)C(=O)O. The summed E-state index contributed by atoms with van der Waals surface area (Å²) >= 11 is 0. The Morgan fingerprint density at radius 3 is 2.69 bits per heavy atom. The summed E-state index contributed by atoms with van der Waals surface area (Å²) in [6.07, 6.45) is 1.45. The Balaban J connectivity index is 3.07. The van der Waals surface area contributed by atoms with Gasteiger partial charge in [0.15, 0.2) is 0 Å². The summed E-state index contributed by atoms with van der Waals surface area (Å²) < 4.78 is 4.99. The van der Waals surface area contributed by atoms with Gasteiger partial charge >= 0.3 is 5.97 Å². The Kier molecular flexibility index (Phi) is 3.94. The van der Waals surface area contributed by atoms with Gasteiger partial charge in [-0.3, -0.25) is 0 Å². The number of aryl methyl sites for hydroxylation is 1. The first kappa shape index (κ1) is 12.1. The number of phenolic OH excluding ortho intramolecular Hbond substituents is 1. The fraction of sp³-hybridized carbons (Fsp3) is 0.250. The first-order valence-corrected chi connectivity index (χ1v) is 4.92. The number of benzene rings is 1. The zero-order chi connectivity index (χ0) is 12.1. The molecule has 0 amide bonds. The monoisotopic (exact) mass is 222 g/mol. The van der Waals surface area contributed by atoms with Crippen molar-refractivity contribution in [2.45, 2.75) is 13.8 Å². The summed E-state index contributed by atoms with van der Waals surface area (Å²) in [5.74, 6) is -1.05. The van der Waals surface area contributed by atoms with Gasteiger partial charge in [-0.1, -0.05) is 6.07 Å². The molecule has 0 unspecified atom stereocenters. The minimum atomic E-state index is -1.10. The number of aliphatic carboxylic acids is 1. The van der Waals surface area contributed by atoms with Crippen LogP contribution in [-0.2, 0) is 9.53 Å². The average molecular weight is 222 g/mol. The van der Waals surface area contributed by atoms with Gasteiger partial charge in [0.05, 0.1) is 6.61 Å². The van der Waals surface area contributed by atoms with E-state index in [9.17, 15) is 9.90 Å². The molecule has 4 nitrogen and oxygen atoms in total. The number of carboxylic acids is 1. The highest BCUT2D eigenvalue weighted by atomic mass is 16.5. The molecule has 0 aliphatic rings. The fourth-order valence-electron chi connectivity index (χ4n) is 1.28. The van der Waals surface area contributed by atoms with E-state index in [2.05, 4.69) is 0 Å². The maximum Gasteiger partial charge on any atom is 0.371 e. The van der Waals surface area contributed by atoms with Crippen LogP contribution in [0.1, 0.15) is 18.1 Å². The van der Waals surface area contributed by atoms with Gasteiger partial charge in [0, 0.05) is 0 Å². The van der Waals surface area contributed by atoms with Gasteiger partial charge in [0.1, 0.15) is 5.75 Å². The molecule has 0 fully saturated rings. The molecule has 86 valence electrons. The molecule has 4 heteroatoms. The molecule has 0 atom stereocenters. The molecule has 0 radical (unpaired) electrons. The minimum Gasteiger partial charge on any atom is -0.508 e. The van der Waals surface area contributed by atoms with Crippen molar-refractivity contribution in [2.24, 2.45) is 0 Å². The van der Waals surface area contributed by atoms with Gasteiger partial charge in [0.25, 0.3) is 0 Å². The molecule has 1 aromatic carbocycles. The van der Waals surface area contributed by atoms with Crippen LogP contribution in [0.25, 0.3) is 6.08 Å². The van der Waals surface area contributed by atoms with Crippen LogP contribution in [0.5, 0.6) is 5.75 Å². The number of carbonyl (C=O) groups is 1. The van der Waals surface area contributed by atoms with Crippen LogP contribution in [0, 0.1) is 6.92 Å².